The molecule has 0 amide bonds. The van der Waals surface area contributed by atoms with Gasteiger partial charge in [-0.05, 0) is 41.8 Å². The number of ether oxygens (including phenoxy) is 2. The van der Waals surface area contributed by atoms with E-state index in [-0.39, 0.29) is 6.79 Å². The fourth-order valence-corrected chi connectivity index (χ4v) is 2.93. The maximum atomic E-state index is 6.00. The van der Waals surface area contributed by atoms with Crippen molar-refractivity contribution in [1.29, 1.82) is 0 Å². The molecule has 0 unspecified atom stereocenters. The second kappa shape index (κ2) is 8.09. The Morgan fingerprint density at radius 2 is 1.93 bits per heavy atom. The van der Waals surface area contributed by atoms with Gasteiger partial charge in [0.15, 0.2) is 17.3 Å². The van der Waals surface area contributed by atoms with E-state index in [1.165, 1.54) is 0 Å². The first-order valence-corrected chi connectivity index (χ1v) is 8.94. The summed E-state index contributed by atoms with van der Waals surface area (Å²) >= 11 is 6.00. The lowest BCUT2D eigenvalue weighted by molar-refractivity contribution is 0.174. The molecule has 1 aliphatic rings. The lowest BCUT2D eigenvalue weighted by atomic mass is 10.1. The summed E-state index contributed by atoms with van der Waals surface area (Å²) in [7, 11) is 0. The van der Waals surface area contributed by atoms with E-state index in [9.17, 15) is 0 Å². The fourth-order valence-electron chi connectivity index (χ4n) is 2.72. The third-order valence-electron chi connectivity index (χ3n) is 4.06. The lowest BCUT2D eigenvalue weighted by Crippen LogP contribution is -2.10. The maximum absolute atomic E-state index is 6.00. The van der Waals surface area contributed by atoms with Crippen LogP contribution in [0, 0.1) is 0 Å². The standard InChI is InChI=1S/C19H18ClN5O2/c20-15-3-1-2-13(8-15)6-7-21-19-24-18(11-23-25-19)22-10-14-4-5-16-17(9-14)27-12-26-16/h1-5,8-9,11H,6-7,10,12H2,(H2,21,22,24,25). The molecule has 8 heteroatoms. The van der Waals surface area contributed by atoms with Crippen molar-refractivity contribution in [2.24, 2.45) is 0 Å². The average Bonchev–Trinajstić information content (AvgIpc) is 3.15. The first kappa shape index (κ1) is 17.4. The third kappa shape index (κ3) is 4.57. The van der Waals surface area contributed by atoms with Crippen molar-refractivity contribution in [3.05, 3.63) is 64.8 Å². The fraction of sp³-hybridized carbons (Fsp3) is 0.211. The SMILES string of the molecule is Clc1cccc(CCNc2nncc(NCc3ccc4c(c3)OCO4)n2)c1. The molecule has 138 valence electrons. The highest BCUT2D eigenvalue weighted by molar-refractivity contribution is 6.30. The van der Waals surface area contributed by atoms with Crippen LogP contribution >= 0.6 is 11.6 Å². The number of fused-ring (bicyclic) bond motifs is 1. The van der Waals surface area contributed by atoms with Crippen LogP contribution in [-0.2, 0) is 13.0 Å². The number of halogens is 1. The summed E-state index contributed by atoms with van der Waals surface area (Å²) < 4.78 is 10.7. The summed E-state index contributed by atoms with van der Waals surface area (Å²) in [4.78, 5) is 4.43. The molecule has 1 aromatic heterocycles. The van der Waals surface area contributed by atoms with Crippen molar-refractivity contribution < 1.29 is 9.47 Å². The molecule has 0 aliphatic carbocycles. The number of nitrogens with zero attached hydrogens (tertiary/aromatic N) is 3. The number of aromatic nitrogens is 3. The van der Waals surface area contributed by atoms with E-state index < -0.39 is 0 Å². The van der Waals surface area contributed by atoms with Gasteiger partial charge in [0.1, 0.15) is 0 Å². The molecule has 0 fully saturated rings. The molecule has 1 aliphatic heterocycles. The number of rotatable bonds is 7. The molecule has 0 spiro atoms. The van der Waals surface area contributed by atoms with E-state index in [0.717, 1.165) is 34.1 Å². The Morgan fingerprint density at radius 3 is 2.85 bits per heavy atom. The Bertz CT molecular complexity index is 937. The lowest BCUT2D eigenvalue weighted by Gasteiger charge is -2.08. The Balaban J connectivity index is 1.31. The smallest absolute Gasteiger partial charge is 0.244 e. The summed E-state index contributed by atoms with van der Waals surface area (Å²) in [5.41, 5.74) is 2.22. The average molecular weight is 384 g/mol. The second-order valence-electron chi connectivity index (χ2n) is 6.01. The highest BCUT2D eigenvalue weighted by atomic mass is 35.5. The Kier molecular flexibility index (Phi) is 5.20. The topological polar surface area (TPSA) is 81.2 Å². The number of anilines is 2. The number of hydrogen-bond donors (Lipinski definition) is 2. The van der Waals surface area contributed by atoms with Gasteiger partial charge < -0.3 is 20.1 Å². The molecular formula is C19H18ClN5O2. The molecule has 0 radical (unpaired) electrons. The first-order valence-electron chi connectivity index (χ1n) is 8.57. The van der Waals surface area contributed by atoms with E-state index in [1.807, 2.05) is 42.5 Å². The molecule has 0 saturated carbocycles. The predicted octanol–water partition coefficient (Wildman–Crippen LogP) is 3.52. The third-order valence-corrected chi connectivity index (χ3v) is 4.29. The number of hydrogen-bond acceptors (Lipinski definition) is 7. The monoisotopic (exact) mass is 383 g/mol. The van der Waals surface area contributed by atoms with Gasteiger partial charge in [-0.1, -0.05) is 29.8 Å². The van der Waals surface area contributed by atoms with Crippen LogP contribution in [0.1, 0.15) is 11.1 Å². The molecule has 7 nitrogen and oxygen atoms in total. The van der Waals surface area contributed by atoms with E-state index in [4.69, 9.17) is 21.1 Å². The summed E-state index contributed by atoms with van der Waals surface area (Å²) in [6, 6.07) is 13.6. The van der Waals surface area contributed by atoms with Gasteiger partial charge in [0, 0.05) is 18.1 Å². The number of nitrogens with one attached hydrogen (secondary N) is 2. The van der Waals surface area contributed by atoms with E-state index in [0.29, 0.717) is 24.9 Å². The van der Waals surface area contributed by atoms with Gasteiger partial charge >= 0.3 is 0 Å². The van der Waals surface area contributed by atoms with Crippen molar-refractivity contribution >= 4 is 23.4 Å². The van der Waals surface area contributed by atoms with Gasteiger partial charge in [-0.15, -0.1) is 5.10 Å². The van der Waals surface area contributed by atoms with Crippen LogP contribution in [0.25, 0.3) is 0 Å². The van der Waals surface area contributed by atoms with Crippen LogP contribution in [0.2, 0.25) is 5.02 Å². The van der Waals surface area contributed by atoms with Gasteiger partial charge in [-0.3, -0.25) is 0 Å². The largest absolute Gasteiger partial charge is 0.454 e. The van der Waals surface area contributed by atoms with Gasteiger partial charge in [0.05, 0.1) is 6.20 Å². The van der Waals surface area contributed by atoms with Crippen LogP contribution in [0.15, 0.2) is 48.7 Å². The zero-order chi connectivity index (χ0) is 18.5. The van der Waals surface area contributed by atoms with E-state index >= 15 is 0 Å². The van der Waals surface area contributed by atoms with E-state index in [1.54, 1.807) is 6.20 Å². The highest BCUT2D eigenvalue weighted by Gasteiger charge is 2.13. The van der Waals surface area contributed by atoms with Crippen LogP contribution in [-0.4, -0.2) is 28.5 Å². The van der Waals surface area contributed by atoms with Crippen molar-refractivity contribution in [3.63, 3.8) is 0 Å². The summed E-state index contributed by atoms with van der Waals surface area (Å²) in [6.07, 6.45) is 2.41. The minimum absolute atomic E-state index is 0.270. The van der Waals surface area contributed by atoms with Crippen LogP contribution in [0.4, 0.5) is 11.8 Å². The first-order chi connectivity index (χ1) is 13.3. The van der Waals surface area contributed by atoms with Crippen molar-refractivity contribution in [3.8, 4) is 11.5 Å². The summed E-state index contributed by atoms with van der Waals surface area (Å²) in [5, 5.41) is 15.2. The van der Waals surface area contributed by atoms with Gasteiger partial charge in [0.2, 0.25) is 12.7 Å². The molecule has 2 aromatic carbocycles. The summed E-state index contributed by atoms with van der Waals surface area (Å²) in [6.45, 7) is 1.55. The Labute approximate surface area is 161 Å². The zero-order valence-electron chi connectivity index (χ0n) is 14.5. The second-order valence-corrected chi connectivity index (χ2v) is 6.45. The highest BCUT2D eigenvalue weighted by Crippen LogP contribution is 2.32. The molecule has 3 aromatic rings. The molecular weight excluding hydrogens is 366 g/mol. The van der Waals surface area contributed by atoms with E-state index in [2.05, 4.69) is 25.8 Å². The molecule has 2 heterocycles. The number of benzene rings is 2. The Hall–Kier alpha value is -3.06. The van der Waals surface area contributed by atoms with Crippen molar-refractivity contribution in [1.82, 2.24) is 15.2 Å². The molecule has 0 atom stereocenters. The molecule has 2 N–H and O–H groups in total. The van der Waals surface area contributed by atoms with Gasteiger partial charge in [-0.25, -0.2) is 0 Å². The Morgan fingerprint density at radius 1 is 1.00 bits per heavy atom. The van der Waals surface area contributed by atoms with Gasteiger partial charge in [-0.2, -0.15) is 10.1 Å². The molecule has 0 bridgehead atoms. The van der Waals surface area contributed by atoms with Crippen LogP contribution in [0.3, 0.4) is 0 Å². The summed E-state index contributed by atoms with van der Waals surface area (Å²) in [5.74, 6) is 2.66. The van der Waals surface area contributed by atoms with Crippen LogP contribution < -0.4 is 20.1 Å². The predicted molar refractivity (Wildman–Crippen MR) is 103 cm³/mol. The minimum atomic E-state index is 0.270. The maximum Gasteiger partial charge on any atom is 0.244 e. The quantitative estimate of drug-likeness (QED) is 0.646. The van der Waals surface area contributed by atoms with Crippen molar-refractivity contribution in [2.45, 2.75) is 13.0 Å². The molecule has 4 rings (SSSR count). The normalized spacial score (nSPS) is 12.0. The van der Waals surface area contributed by atoms with Crippen molar-refractivity contribution in [2.75, 3.05) is 24.0 Å². The van der Waals surface area contributed by atoms with Crippen LogP contribution in [0.5, 0.6) is 11.5 Å². The molecule has 27 heavy (non-hydrogen) atoms. The minimum Gasteiger partial charge on any atom is -0.454 e. The molecule has 0 saturated heterocycles. The zero-order valence-corrected chi connectivity index (χ0v) is 15.2. The van der Waals surface area contributed by atoms with Gasteiger partial charge in [0.25, 0.3) is 0 Å².